The zero-order valence-corrected chi connectivity index (χ0v) is 19.2. The van der Waals surface area contributed by atoms with E-state index in [0.717, 1.165) is 27.5 Å². The number of hydrogen-bond donors (Lipinski definition) is 3. The molecule has 168 valence electrons. The highest BCUT2D eigenvalue weighted by Crippen LogP contribution is 2.34. The van der Waals surface area contributed by atoms with Gasteiger partial charge < -0.3 is 15.8 Å². The van der Waals surface area contributed by atoms with Crippen molar-refractivity contribution in [3.8, 4) is 5.75 Å². The molecule has 5 aromatic rings. The number of ether oxygens (including phenoxy) is 1. The first-order valence-electron chi connectivity index (χ1n) is 10.3. The predicted molar refractivity (Wildman–Crippen MR) is 139 cm³/mol. The lowest BCUT2D eigenvalue weighted by molar-refractivity contribution is 0.215. The van der Waals surface area contributed by atoms with Crippen molar-refractivity contribution in [1.29, 1.82) is 0 Å². The van der Waals surface area contributed by atoms with Crippen LogP contribution in [0.5, 0.6) is 5.75 Å². The van der Waals surface area contributed by atoms with Crippen molar-refractivity contribution in [2.75, 3.05) is 16.4 Å². The fourth-order valence-electron chi connectivity index (χ4n) is 3.75. The first kappa shape index (κ1) is 21.8. The summed E-state index contributed by atoms with van der Waals surface area (Å²) in [6, 6.07) is 25.5. The third-order valence-corrected chi connectivity index (χ3v) is 5.54. The Kier molecular flexibility index (Phi) is 5.84. The van der Waals surface area contributed by atoms with Crippen LogP contribution in [0.4, 0.5) is 27.5 Å². The third kappa shape index (κ3) is 4.69. The summed E-state index contributed by atoms with van der Waals surface area (Å²) in [5.74, 6) is 0.274. The maximum atomic E-state index is 12.4. The number of aromatic nitrogens is 1. The Morgan fingerprint density at radius 3 is 2.06 bits per heavy atom. The molecule has 34 heavy (non-hydrogen) atoms. The van der Waals surface area contributed by atoms with E-state index in [0.29, 0.717) is 27.1 Å². The Morgan fingerprint density at radius 1 is 0.794 bits per heavy atom. The summed E-state index contributed by atoms with van der Waals surface area (Å²) in [7, 11) is 0. The van der Waals surface area contributed by atoms with Crippen LogP contribution in [0.1, 0.15) is 0 Å². The van der Waals surface area contributed by atoms with Crippen molar-refractivity contribution in [2.24, 2.45) is 0 Å². The average Bonchev–Trinajstić information content (AvgIpc) is 2.77. The second-order valence-corrected chi connectivity index (χ2v) is 8.48. The van der Waals surface area contributed by atoms with Gasteiger partial charge in [0.25, 0.3) is 0 Å². The number of benzene rings is 4. The van der Waals surface area contributed by atoms with Crippen LogP contribution in [-0.4, -0.2) is 11.1 Å². The lowest BCUT2D eigenvalue weighted by Gasteiger charge is -2.15. The van der Waals surface area contributed by atoms with Gasteiger partial charge in [-0.15, -0.1) is 0 Å². The second-order valence-electron chi connectivity index (χ2n) is 7.61. The summed E-state index contributed by atoms with van der Waals surface area (Å²) in [5, 5.41) is 8.77. The van der Waals surface area contributed by atoms with Gasteiger partial charge in [0.05, 0.1) is 16.7 Å². The molecule has 0 spiro atoms. The van der Waals surface area contributed by atoms with E-state index < -0.39 is 6.09 Å². The first-order chi connectivity index (χ1) is 16.4. The monoisotopic (exact) mass is 488 g/mol. The van der Waals surface area contributed by atoms with Gasteiger partial charge >= 0.3 is 6.09 Å². The van der Waals surface area contributed by atoms with Gasteiger partial charge in [0.15, 0.2) is 0 Å². The van der Waals surface area contributed by atoms with Gasteiger partial charge in [-0.2, -0.15) is 0 Å². The minimum atomic E-state index is -0.699. The minimum Gasteiger partial charge on any atom is -0.410 e. The number of hydrogen-bond acceptors (Lipinski definition) is 5. The van der Waals surface area contributed by atoms with Crippen LogP contribution in [0, 0.1) is 0 Å². The molecule has 0 fully saturated rings. The summed E-state index contributed by atoms with van der Waals surface area (Å²) < 4.78 is 5.46. The quantitative estimate of drug-likeness (QED) is 0.178. The molecule has 0 bridgehead atoms. The Morgan fingerprint density at radius 2 is 1.41 bits per heavy atom. The fourth-order valence-corrected chi connectivity index (χ4v) is 4.27. The highest BCUT2D eigenvalue weighted by molar-refractivity contribution is 6.35. The molecule has 5 rings (SSSR count). The number of nitrogen functional groups attached to an aromatic ring is 1. The third-order valence-electron chi connectivity index (χ3n) is 5.11. The van der Waals surface area contributed by atoms with Crippen molar-refractivity contribution in [3.63, 3.8) is 0 Å². The van der Waals surface area contributed by atoms with E-state index >= 15 is 0 Å². The van der Waals surface area contributed by atoms with E-state index in [9.17, 15) is 4.79 Å². The number of nitrogens with two attached hydrogens (primary N) is 1. The van der Waals surface area contributed by atoms with Crippen LogP contribution in [0.3, 0.4) is 0 Å². The number of amides is 1. The van der Waals surface area contributed by atoms with Crippen LogP contribution in [0.15, 0.2) is 84.9 Å². The van der Waals surface area contributed by atoms with Crippen molar-refractivity contribution < 1.29 is 9.53 Å². The molecule has 1 heterocycles. The number of carbonyl (C=O) groups is 1. The summed E-state index contributed by atoms with van der Waals surface area (Å²) in [4.78, 5) is 17.2. The molecule has 4 N–H and O–H groups in total. The maximum Gasteiger partial charge on any atom is 0.417 e. The van der Waals surface area contributed by atoms with E-state index in [2.05, 4.69) is 10.6 Å². The Balaban J connectivity index is 1.45. The van der Waals surface area contributed by atoms with Crippen molar-refractivity contribution in [2.45, 2.75) is 0 Å². The molecule has 4 aromatic carbocycles. The number of carbonyl (C=O) groups excluding carboxylic acids is 1. The predicted octanol–water partition coefficient (Wildman–Crippen LogP) is 7.63. The summed E-state index contributed by atoms with van der Waals surface area (Å²) in [5.41, 5.74) is 10.2. The average molecular weight is 489 g/mol. The van der Waals surface area contributed by atoms with Gasteiger partial charge in [-0.3, -0.25) is 5.32 Å². The minimum absolute atomic E-state index is 0.274. The van der Waals surface area contributed by atoms with E-state index in [1.165, 1.54) is 0 Å². The lowest BCUT2D eigenvalue weighted by Crippen LogP contribution is -2.16. The second kappa shape index (κ2) is 9.09. The van der Waals surface area contributed by atoms with Crippen LogP contribution in [-0.2, 0) is 0 Å². The van der Waals surface area contributed by atoms with Crippen LogP contribution in [0.2, 0.25) is 10.0 Å². The number of fused-ring (bicyclic) bond motifs is 2. The molecule has 6 nitrogen and oxygen atoms in total. The Labute approximate surface area is 205 Å². The number of nitrogens with zero attached hydrogens (tertiary/aromatic N) is 1. The van der Waals surface area contributed by atoms with E-state index in [-0.39, 0.29) is 5.75 Å². The molecule has 0 saturated heterocycles. The molecule has 0 saturated carbocycles. The molecular weight excluding hydrogens is 471 g/mol. The van der Waals surface area contributed by atoms with Gasteiger partial charge in [-0.25, -0.2) is 9.78 Å². The summed E-state index contributed by atoms with van der Waals surface area (Å²) in [6.45, 7) is 0. The Bertz CT molecular complexity index is 1480. The lowest BCUT2D eigenvalue weighted by atomic mass is 10.1. The molecule has 0 radical (unpaired) electrons. The maximum absolute atomic E-state index is 12.4. The van der Waals surface area contributed by atoms with E-state index in [4.69, 9.17) is 38.7 Å². The summed E-state index contributed by atoms with van der Waals surface area (Å²) >= 11 is 12.0. The van der Waals surface area contributed by atoms with Gasteiger partial charge in [0.1, 0.15) is 5.75 Å². The summed E-state index contributed by atoms with van der Waals surface area (Å²) in [6.07, 6.45) is -0.699. The van der Waals surface area contributed by atoms with Gasteiger partial charge in [0.2, 0.25) is 0 Å². The van der Waals surface area contributed by atoms with Crippen LogP contribution in [0.25, 0.3) is 21.8 Å². The molecule has 0 atom stereocenters. The van der Waals surface area contributed by atoms with Gasteiger partial charge in [-0.1, -0.05) is 59.6 Å². The molecule has 8 heteroatoms. The SMILES string of the molecule is Nc1cc(Nc2c3ccccc3nc3ccccc23)cc(OC(=O)Nc2cc(Cl)cc(Cl)c2)c1. The number of halogens is 2. The van der Waals surface area contributed by atoms with Crippen molar-refractivity contribution >= 4 is 73.9 Å². The van der Waals surface area contributed by atoms with E-state index in [1.54, 1.807) is 36.4 Å². The zero-order valence-electron chi connectivity index (χ0n) is 17.7. The molecule has 1 amide bonds. The molecule has 0 aliphatic rings. The molecule has 0 aliphatic carbocycles. The topological polar surface area (TPSA) is 89.3 Å². The van der Waals surface area contributed by atoms with Crippen molar-refractivity contribution in [1.82, 2.24) is 4.98 Å². The largest absolute Gasteiger partial charge is 0.417 e. The number of rotatable bonds is 4. The first-order valence-corrected chi connectivity index (χ1v) is 11.1. The highest BCUT2D eigenvalue weighted by Gasteiger charge is 2.12. The smallest absolute Gasteiger partial charge is 0.410 e. The number of pyridine rings is 1. The molecule has 0 aliphatic heterocycles. The van der Waals surface area contributed by atoms with Crippen LogP contribution >= 0.6 is 23.2 Å². The zero-order chi connectivity index (χ0) is 23.7. The number of nitrogens with one attached hydrogen (secondary N) is 2. The van der Waals surface area contributed by atoms with Gasteiger partial charge in [-0.05, 0) is 36.4 Å². The van der Waals surface area contributed by atoms with Crippen LogP contribution < -0.4 is 21.1 Å². The number of anilines is 4. The number of para-hydroxylation sites is 2. The van der Waals surface area contributed by atoms with Gasteiger partial charge in [0, 0.05) is 50.0 Å². The normalized spacial score (nSPS) is 10.9. The fraction of sp³-hybridized carbons (Fsp3) is 0. The highest BCUT2D eigenvalue weighted by atomic mass is 35.5. The molecule has 0 unspecified atom stereocenters. The molecule has 1 aromatic heterocycles. The molecular formula is C26H18Cl2N4O2. The van der Waals surface area contributed by atoms with E-state index in [1.807, 2.05) is 48.5 Å². The Hall–Kier alpha value is -4.00. The standard InChI is InChI=1S/C26H18Cl2N4O2/c27-15-9-16(28)11-18(10-15)31-26(33)34-20-13-17(29)12-19(14-20)30-25-21-5-1-3-7-23(21)32-24-8-4-2-6-22(24)25/h1-14H,29H2,(H,30,32)(H,31,33). The van der Waals surface area contributed by atoms with Crippen molar-refractivity contribution in [3.05, 3.63) is 95.0 Å².